The van der Waals surface area contributed by atoms with Gasteiger partial charge < -0.3 is 10.6 Å². The third kappa shape index (κ3) is 3.46. The molecule has 0 unspecified atom stereocenters. The maximum absolute atomic E-state index is 4.69. The van der Waals surface area contributed by atoms with Gasteiger partial charge >= 0.3 is 0 Å². The molecule has 0 aliphatic heterocycles. The summed E-state index contributed by atoms with van der Waals surface area (Å²) in [5, 5.41) is 6.47. The van der Waals surface area contributed by atoms with Crippen LogP contribution in [0.25, 0.3) is 16.9 Å². The number of hydrogen-bond donors (Lipinski definition) is 2. The zero-order valence-electron chi connectivity index (χ0n) is 15.3. The van der Waals surface area contributed by atoms with Crippen LogP contribution in [-0.4, -0.2) is 29.5 Å². The molecule has 0 amide bonds. The Morgan fingerprint density at radius 2 is 1.55 bits per heavy atom. The van der Waals surface area contributed by atoms with Gasteiger partial charge in [0.05, 0.1) is 0 Å². The molecule has 29 heavy (non-hydrogen) atoms. The van der Waals surface area contributed by atoms with Gasteiger partial charge in [0.15, 0.2) is 17.0 Å². The second-order valence-electron chi connectivity index (χ2n) is 6.23. The Labute approximate surface area is 166 Å². The lowest BCUT2D eigenvalue weighted by molar-refractivity contribution is 1.06. The third-order valence-corrected chi connectivity index (χ3v) is 4.29. The predicted octanol–water partition coefficient (Wildman–Crippen LogP) is 4.09. The van der Waals surface area contributed by atoms with Crippen molar-refractivity contribution in [3.63, 3.8) is 0 Å². The highest BCUT2D eigenvalue weighted by Crippen LogP contribution is 2.26. The largest absolute Gasteiger partial charge is 0.338 e. The van der Waals surface area contributed by atoms with Crippen molar-refractivity contribution in [1.82, 2.24) is 29.5 Å². The minimum Gasteiger partial charge on any atom is -0.338 e. The lowest BCUT2D eigenvalue weighted by Gasteiger charge is -2.10. The van der Waals surface area contributed by atoms with E-state index in [0.29, 0.717) is 28.7 Å². The first kappa shape index (κ1) is 16.8. The molecule has 0 aliphatic carbocycles. The standard InChI is InChI=1S/C21H16N8/c1-3-7-15(8-4-1)25-19-18-20(29(14-24-18)16-9-5-2-6-10-16)28-21(27-19)26-17-11-12-22-13-23-17/h1-14H,(H2,22,23,25,26,27,28). The molecular weight excluding hydrogens is 364 g/mol. The summed E-state index contributed by atoms with van der Waals surface area (Å²) in [6.45, 7) is 0. The van der Waals surface area contributed by atoms with Crippen molar-refractivity contribution in [2.45, 2.75) is 0 Å². The molecular formula is C21H16N8. The lowest BCUT2D eigenvalue weighted by Crippen LogP contribution is -2.04. The van der Waals surface area contributed by atoms with E-state index in [4.69, 9.17) is 0 Å². The zero-order chi connectivity index (χ0) is 19.5. The molecule has 0 saturated heterocycles. The first-order chi connectivity index (χ1) is 14.4. The van der Waals surface area contributed by atoms with Gasteiger partial charge in [-0.2, -0.15) is 9.97 Å². The molecule has 0 saturated carbocycles. The second-order valence-corrected chi connectivity index (χ2v) is 6.23. The Balaban J connectivity index is 1.64. The molecule has 0 bridgehead atoms. The molecule has 2 aromatic carbocycles. The third-order valence-electron chi connectivity index (χ3n) is 4.29. The number of aromatic nitrogens is 6. The maximum atomic E-state index is 4.69. The Kier molecular flexibility index (Phi) is 4.26. The molecule has 3 aromatic heterocycles. The van der Waals surface area contributed by atoms with Crippen molar-refractivity contribution >= 4 is 34.4 Å². The highest BCUT2D eigenvalue weighted by atomic mass is 15.2. The zero-order valence-corrected chi connectivity index (χ0v) is 15.3. The van der Waals surface area contributed by atoms with Gasteiger partial charge in [-0.3, -0.25) is 4.57 Å². The molecule has 0 spiro atoms. The molecule has 5 rings (SSSR count). The van der Waals surface area contributed by atoms with Crippen LogP contribution in [0.5, 0.6) is 0 Å². The topological polar surface area (TPSA) is 93.4 Å². The van der Waals surface area contributed by atoms with Crippen LogP contribution in [0.4, 0.5) is 23.3 Å². The average molecular weight is 380 g/mol. The van der Waals surface area contributed by atoms with Gasteiger partial charge in [0.25, 0.3) is 0 Å². The Bertz CT molecular complexity index is 1240. The molecule has 0 fully saturated rings. The van der Waals surface area contributed by atoms with E-state index in [-0.39, 0.29) is 0 Å². The molecule has 0 aliphatic rings. The van der Waals surface area contributed by atoms with E-state index in [9.17, 15) is 0 Å². The summed E-state index contributed by atoms with van der Waals surface area (Å²) in [6, 6.07) is 21.5. The maximum Gasteiger partial charge on any atom is 0.232 e. The quantitative estimate of drug-likeness (QED) is 0.474. The van der Waals surface area contributed by atoms with Crippen molar-refractivity contribution < 1.29 is 0 Å². The van der Waals surface area contributed by atoms with E-state index in [2.05, 4.69) is 35.6 Å². The van der Waals surface area contributed by atoms with Gasteiger partial charge in [0, 0.05) is 17.6 Å². The highest BCUT2D eigenvalue weighted by molar-refractivity contribution is 5.87. The monoisotopic (exact) mass is 380 g/mol. The molecule has 0 radical (unpaired) electrons. The van der Waals surface area contributed by atoms with Gasteiger partial charge in [-0.25, -0.2) is 15.0 Å². The summed E-state index contributed by atoms with van der Waals surface area (Å²) in [5.41, 5.74) is 3.23. The van der Waals surface area contributed by atoms with Crippen LogP contribution in [0, 0.1) is 0 Å². The molecule has 2 N–H and O–H groups in total. The van der Waals surface area contributed by atoms with Crippen molar-refractivity contribution in [2.75, 3.05) is 10.6 Å². The van der Waals surface area contributed by atoms with Crippen LogP contribution in [0.3, 0.4) is 0 Å². The van der Waals surface area contributed by atoms with E-state index >= 15 is 0 Å². The molecule has 3 heterocycles. The minimum absolute atomic E-state index is 0.410. The Morgan fingerprint density at radius 1 is 0.759 bits per heavy atom. The fourth-order valence-corrected chi connectivity index (χ4v) is 2.96. The van der Waals surface area contributed by atoms with Crippen LogP contribution in [0.15, 0.2) is 85.6 Å². The van der Waals surface area contributed by atoms with E-state index in [1.54, 1.807) is 18.6 Å². The van der Waals surface area contributed by atoms with Crippen LogP contribution in [-0.2, 0) is 0 Å². The first-order valence-electron chi connectivity index (χ1n) is 9.02. The van der Waals surface area contributed by atoms with Gasteiger partial charge in [0.1, 0.15) is 18.5 Å². The number of benzene rings is 2. The fraction of sp³-hybridized carbons (Fsp3) is 0. The van der Waals surface area contributed by atoms with Crippen molar-refractivity contribution in [3.8, 4) is 5.69 Å². The molecule has 0 atom stereocenters. The highest BCUT2D eigenvalue weighted by Gasteiger charge is 2.15. The number of hydrogen-bond acceptors (Lipinski definition) is 7. The normalized spacial score (nSPS) is 10.8. The van der Waals surface area contributed by atoms with E-state index in [1.165, 1.54) is 6.33 Å². The summed E-state index contributed by atoms with van der Waals surface area (Å²) in [7, 11) is 0. The fourth-order valence-electron chi connectivity index (χ4n) is 2.96. The summed E-state index contributed by atoms with van der Waals surface area (Å²) >= 11 is 0. The van der Waals surface area contributed by atoms with Gasteiger partial charge in [0.2, 0.25) is 5.95 Å². The lowest BCUT2D eigenvalue weighted by atomic mass is 10.3. The van der Waals surface area contributed by atoms with Crippen molar-refractivity contribution in [2.24, 2.45) is 0 Å². The van der Waals surface area contributed by atoms with Gasteiger partial charge in [-0.05, 0) is 30.3 Å². The minimum atomic E-state index is 0.410. The average Bonchev–Trinajstić information content (AvgIpc) is 3.20. The number of fused-ring (bicyclic) bond motifs is 1. The van der Waals surface area contributed by atoms with Crippen LogP contribution < -0.4 is 10.6 Å². The van der Waals surface area contributed by atoms with Gasteiger partial charge in [-0.15, -0.1) is 0 Å². The summed E-state index contributed by atoms with van der Waals surface area (Å²) < 4.78 is 1.93. The molecule has 8 nitrogen and oxygen atoms in total. The van der Waals surface area contributed by atoms with Crippen molar-refractivity contribution in [1.29, 1.82) is 0 Å². The number of imidazole rings is 1. The number of anilines is 4. The predicted molar refractivity (Wildman–Crippen MR) is 112 cm³/mol. The summed E-state index contributed by atoms with van der Waals surface area (Å²) in [4.78, 5) is 22.0. The van der Waals surface area contributed by atoms with Crippen LogP contribution >= 0.6 is 0 Å². The smallest absolute Gasteiger partial charge is 0.232 e. The first-order valence-corrected chi connectivity index (χ1v) is 9.02. The number of nitrogens with zero attached hydrogens (tertiary/aromatic N) is 6. The molecule has 8 heteroatoms. The van der Waals surface area contributed by atoms with E-state index in [1.807, 2.05) is 65.2 Å². The van der Waals surface area contributed by atoms with Gasteiger partial charge in [-0.1, -0.05) is 36.4 Å². The number of nitrogens with one attached hydrogen (secondary N) is 2. The number of rotatable bonds is 5. The van der Waals surface area contributed by atoms with Crippen LogP contribution in [0.2, 0.25) is 0 Å². The Hall–Kier alpha value is -4.33. The van der Waals surface area contributed by atoms with E-state index < -0.39 is 0 Å². The second kappa shape index (κ2) is 7.35. The molecule has 5 aromatic rings. The molecule has 140 valence electrons. The summed E-state index contributed by atoms with van der Waals surface area (Å²) in [5.74, 6) is 1.62. The Morgan fingerprint density at radius 3 is 2.31 bits per heavy atom. The van der Waals surface area contributed by atoms with Crippen LogP contribution in [0.1, 0.15) is 0 Å². The SMILES string of the molecule is c1ccc(Nc2nc(Nc3ccncn3)nc3c2ncn3-c2ccccc2)cc1. The van der Waals surface area contributed by atoms with Crippen molar-refractivity contribution in [3.05, 3.63) is 85.6 Å². The van der Waals surface area contributed by atoms with E-state index in [0.717, 1.165) is 11.4 Å². The number of para-hydroxylation sites is 2. The summed E-state index contributed by atoms with van der Waals surface area (Å²) in [6.07, 6.45) is 4.88.